The van der Waals surface area contributed by atoms with Crippen LogP contribution in [0, 0.1) is 0 Å². The number of carbonyl (C=O) groups excluding carboxylic acids is 2. The maximum absolute atomic E-state index is 13.1. The molecule has 0 unspecified atom stereocenters. The zero-order valence-corrected chi connectivity index (χ0v) is 18.3. The van der Waals surface area contributed by atoms with Crippen LogP contribution in [0.5, 0.6) is 0 Å². The van der Waals surface area contributed by atoms with E-state index in [0.717, 1.165) is 25.5 Å². The van der Waals surface area contributed by atoms with Gasteiger partial charge in [-0.3, -0.25) is 9.10 Å². The molecule has 0 fully saturated rings. The molecule has 0 spiro atoms. The molecule has 0 atom stereocenters. The van der Waals surface area contributed by atoms with Crippen LogP contribution in [0.4, 0.5) is 24.5 Å². The Bertz CT molecular complexity index is 1120. The molecular weight excluding hydrogens is 484 g/mol. The Hall–Kier alpha value is -2.50. The van der Waals surface area contributed by atoms with E-state index in [1.54, 1.807) is 0 Å². The van der Waals surface area contributed by atoms with Crippen LogP contribution in [-0.4, -0.2) is 40.2 Å². The third kappa shape index (κ3) is 6.25. The van der Waals surface area contributed by atoms with Gasteiger partial charge in [-0.2, -0.15) is 13.2 Å². The second kappa shape index (κ2) is 9.33. The minimum absolute atomic E-state index is 0.0468. The van der Waals surface area contributed by atoms with Gasteiger partial charge in [-0.25, -0.2) is 13.2 Å². The Balaban J connectivity index is 2.33. The number of anilines is 2. The fourth-order valence-corrected chi connectivity index (χ4v) is 3.75. The molecule has 0 bridgehead atoms. The van der Waals surface area contributed by atoms with Crippen molar-refractivity contribution in [3.63, 3.8) is 0 Å². The summed E-state index contributed by atoms with van der Waals surface area (Å²) in [4.78, 5) is 24.1. The first-order valence-corrected chi connectivity index (χ1v) is 10.9. The first kappa shape index (κ1) is 24.8. The largest absolute Gasteiger partial charge is 0.465 e. The van der Waals surface area contributed by atoms with E-state index in [1.165, 1.54) is 18.2 Å². The molecule has 31 heavy (non-hydrogen) atoms. The molecular formula is C18H15Cl2F3N2O5S. The fraction of sp³-hybridized carbons (Fsp3) is 0.222. The number of amides is 1. The summed E-state index contributed by atoms with van der Waals surface area (Å²) >= 11 is 11.5. The van der Waals surface area contributed by atoms with Gasteiger partial charge in [-0.05, 0) is 36.4 Å². The average molecular weight is 499 g/mol. The van der Waals surface area contributed by atoms with Gasteiger partial charge >= 0.3 is 12.1 Å². The fourth-order valence-electron chi connectivity index (χ4n) is 2.49. The summed E-state index contributed by atoms with van der Waals surface area (Å²) in [6.07, 6.45) is -4.09. The van der Waals surface area contributed by atoms with Crippen molar-refractivity contribution < 1.29 is 35.9 Å². The molecule has 1 N–H and O–H groups in total. The molecule has 0 radical (unpaired) electrons. The van der Waals surface area contributed by atoms with Crippen molar-refractivity contribution in [1.29, 1.82) is 0 Å². The van der Waals surface area contributed by atoms with Crippen LogP contribution in [0.25, 0.3) is 0 Å². The number of alkyl halides is 3. The van der Waals surface area contributed by atoms with E-state index < -0.39 is 50.9 Å². The van der Waals surface area contributed by atoms with Crippen LogP contribution in [0.3, 0.4) is 0 Å². The highest BCUT2D eigenvalue weighted by molar-refractivity contribution is 7.92. The highest BCUT2D eigenvalue weighted by Gasteiger charge is 2.34. The number of nitrogens with one attached hydrogen (secondary N) is 1. The minimum atomic E-state index is -4.83. The summed E-state index contributed by atoms with van der Waals surface area (Å²) in [5.41, 5.74) is -1.60. The maximum atomic E-state index is 13.1. The van der Waals surface area contributed by atoms with Gasteiger partial charge in [0.25, 0.3) is 0 Å². The molecule has 2 aromatic carbocycles. The number of esters is 1. The number of rotatable bonds is 6. The number of halogens is 5. The van der Waals surface area contributed by atoms with Crippen LogP contribution in [-0.2, 0) is 25.7 Å². The van der Waals surface area contributed by atoms with Crippen LogP contribution < -0.4 is 9.62 Å². The van der Waals surface area contributed by atoms with E-state index in [2.05, 4.69) is 10.1 Å². The zero-order chi connectivity index (χ0) is 23.6. The lowest BCUT2D eigenvalue weighted by molar-refractivity contribution is -0.137. The van der Waals surface area contributed by atoms with Gasteiger partial charge in [-0.15, -0.1) is 0 Å². The lowest BCUT2D eigenvalue weighted by atomic mass is 10.2. The van der Waals surface area contributed by atoms with Gasteiger partial charge in [0.1, 0.15) is 6.54 Å². The summed E-state index contributed by atoms with van der Waals surface area (Å²) < 4.78 is 68.7. The van der Waals surface area contributed by atoms with Crippen molar-refractivity contribution in [2.75, 3.05) is 29.5 Å². The van der Waals surface area contributed by atoms with Crippen LogP contribution >= 0.6 is 23.2 Å². The van der Waals surface area contributed by atoms with Crippen molar-refractivity contribution in [3.8, 4) is 0 Å². The molecule has 13 heteroatoms. The molecule has 168 valence electrons. The van der Waals surface area contributed by atoms with Gasteiger partial charge < -0.3 is 10.1 Å². The molecule has 0 heterocycles. The number of benzene rings is 2. The molecule has 7 nitrogen and oxygen atoms in total. The lowest BCUT2D eigenvalue weighted by Gasteiger charge is -2.23. The highest BCUT2D eigenvalue weighted by Crippen LogP contribution is 2.37. The second-order valence-corrected chi connectivity index (χ2v) is 8.89. The van der Waals surface area contributed by atoms with Gasteiger partial charge in [-0.1, -0.05) is 23.2 Å². The first-order valence-electron chi connectivity index (χ1n) is 8.26. The second-order valence-electron chi connectivity index (χ2n) is 6.17. The van der Waals surface area contributed by atoms with Crippen molar-refractivity contribution in [1.82, 2.24) is 0 Å². The van der Waals surface area contributed by atoms with Gasteiger partial charge in [0.2, 0.25) is 15.9 Å². The number of sulfonamides is 1. The molecule has 0 aromatic heterocycles. The Morgan fingerprint density at radius 2 is 1.71 bits per heavy atom. The first-order chi connectivity index (χ1) is 14.2. The third-order valence-corrected chi connectivity index (χ3v) is 5.69. The Kier molecular flexibility index (Phi) is 7.45. The zero-order valence-electron chi connectivity index (χ0n) is 16.0. The van der Waals surface area contributed by atoms with Crippen molar-refractivity contribution in [3.05, 3.63) is 57.6 Å². The third-order valence-electron chi connectivity index (χ3n) is 3.89. The Morgan fingerprint density at radius 1 is 1.10 bits per heavy atom. The lowest BCUT2D eigenvalue weighted by Crippen LogP contribution is -2.37. The van der Waals surface area contributed by atoms with Gasteiger partial charge in [0.15, 0.2) is 0 Å². The van der Waals surface area contributed by atoms with E-state index in [4.69, 9.17) is 23.2 Å². The van der Waals surface area contributed by atoms with Crippen molar-refractivity contribution in [2.45, 2.75) is 6.18 Å². The SMILES string of the molecule is COC(=O)c1cc(NC(=O)CN(c2ccc(Cl)c(C(F)(F)F)c2)S(C)(=O)=O)ccc1Cl. The van der Waals surface area contributed by atoms with E-state index in [-0.39, 0.29) is 16.3 Å². The molecule has 2 rings (SSSR count). The van der Waals surface area contributed by atoms with Gasteiger partial charge in [0.05, 0.1) is 40.2 Å². The predicted molar refractivity (Wildman–Crippen MR) is 110 cm³/mol. The summed E-state index contributed by atoms with van der Waals surface area (Å²) in [6.45, 7) is -0.839. The molecule has 2 aromatic rings. The Morgan fingerprint density at radius 3 is 2.26 bits per heavy atom. The van der Waals surface area contributed by atoms with Crippen molar-refractivity contribution >= 4 is 56.5 Å². The van der Waals surface area contributed by atoms with Crippen LogP contribution in [0.2, 0.25) is 10.0 Å². The Labute approximate surface area is 185 Å². The minimum Gasteiger partial charge on any atom is -0.465 e. The maximum Gasteiger partial charge on any atom is 0.417 e. The molecule has 0 saturated carbocycles. The topological polar surface area (TPSA) is 92.8 Å². The summed E-state index contributed by atoms with van der Waals surface area (Å²) in [6, 6.07) is 6.34. The number of hydrogen-bond acceptors (Lipinski definition) is 5. The molecule has 0 aliphatic carbocycles. The van der Waals surface area contributed by atoms with Crippen LogP contribution in [0.1, 0.15) is 15.9 Å². The monoisotopic (exact) mass is 498 g/mol. The number of methoxy groups -OCH3 is 1. The smallest absolute Gasteiger partial charge is 0.417 e. The molecule has 1 amide bonds. The quantitative estimate of drug-likeness (QED) is 0.602. The standard InChI is InChI=1S/C18H15Cl2F3N2O5S/c1-30-17(27)12-7-10(3-5-14(12)19)24-16(26)9-25(31(2,28)29)11-4-6-15(20)13(8-11)18(21,22)23/h3-8H,9H2,1-2H3,(H,24,26). The van der Waals surface area contributed by atoms with Crippen molar-refractivity contribution in [2.24, 2.45) is 0 Å². The highest BCUT2D eigenvalue weighted by atomic mass is 35.5. The molecule has 0 aliphatic rings. The van der Waals surface area contributed by atoms with E-state index >= 15 is 0 Å². The number of nitrogens with zero attached hydrogens (tertiary/aromatic N) is 1. The molecule has 0 aliphatic heterocycles. The summed E-state index contributed by atoms with van der Waals surface area (Å²) in [7, 11) is -3.01. The summed E-state index contributed by atoms with van der Waals surface area (Å²) in [5.74, 6) is -1.65. The summed E-state index contributed by atoms with van der Waals surface area (Å²) in [5, 5.41) is 1.80. The number of carbonyl (C=O) groups is 2. The van der Waals surface area contributed by atoms with E-state index in [9.17, 15) is 31.2 Å². The predicted octanol–water partition coefficient (Wildman–Crippen LogP) is 4.20. The van der Waals surface area contributed by atoms with Crippen LogP contribution in [0.15, 0.2) is 36.4 Å². The average Bonchev–Trinajstić information content (AvgIpc) is 2.66. The van der Waals surface area contributed by atoms with E-state index in [0.29, 0.717) is 10.4 Å². The van der Waals surface area contributed by atoms with E-state index in [1.807, 2.05) is 0 Å². The number of ether oxygens (including phenoxy) is 1. The molecule has 0 saturated heterocycles. The normalized spacial score (nSPS) is 11.7. The number of hydrogen-bond donors (Lipinski definition) is 1. The van der Waals surface area contributed by atoms with Gasteiger partial charge in [0, 0.05) is 5.69 Å².